The molecule has 3 heteroatoms. The van der Waals surface area contributed by atoms with Gasteiger partial charge in [-0.15, -0.1) is 0 Å². The van der Waals surface area contributed by atoms with Crippen LogP contribution in [0.5, 0.6) is 0 Å². The summed E-state index contributed by atoms with van der Waals surface area (Å²) in [6.07, 6.45) is 1.03. The van der Waals surface area contributed by atoms with Crippen LogP contribution in [0.15, 0.2) is 12.1 Å². The molecule has 12 heavy (non-hydrogen) atoms. The molecule has 0 spiro atoms. The summed E-state index contributed by atoms with van der Waals surface area (Å²) in [5.41, 5.74) is 0.976. The van der Waals surface area contributed by atoms with E-state index in [0.29, 0.717) is 17.9 Å². The van der Waals surface area contributed by atoms with Gasteiger partial charge in [0, 0.05) is 11.4 Å². The molecule has 0 saturated heterocycles. The number of Topliss-reactive ketones (excluding diaryl/α,β-unsaturated/α-hetero) is 1. The van der Waals surface area contributed by atoms with E-state index in [1.165, 1.54) is 6.07 Å². The fourth-order valence-electron chi connectivity index (χ4n) is 1.51. The van der Waals surface area contributed by atoms with Crippen molar-refractivity contribution < 1.29 is 9.18 Å². The van der Waals surface area contributed by atoms with Crippen LogP contribution in [-0.2, 0) is 6.42 Å². The molecule has 0 heterocycles. The number of ketones is 1. The molecule has 0 saturated carbocycles. The summed E-state index contributed by atoms with van der Waals surface area (Å²) < 4.78 is 13.1. The zero-order valence-electron chi connectivity index (χ0n) is 6.23. The topological polar surface area (TPSA) is 17.1 Å². The van der Waals surface area contributed by atoms with Crippen molar-refractivity contribution in [2.24, 2.45) is 0 Å². The number of benzene rings is 1. The van der Waals surface area contributed by atoms with Gasteiger partial charge in [0.25, 0.3) is 0 Å². The number of carbonyl (C=O) groups excluding carboxylic acids is 1. The second-order valence-corrected chi connectivity index (χ2v) is 3.28. The molecule has 0 atom stereocenters. The SMILES string of the molecule is O=C1CCc2cc(Cl)cc(F)c21. The molecule has 0 aliphatic heterocycles. The summed E-state index contributed by atoms with van der Waals surface area (Å²) in [7, 11) is 0. The Hall–Kier alpha value is -0.890. The summed E-state index contributed by atoms with van der Waals surface area (Å²) in [4.78, 5) is 11.1. The first-order valence-electron chi connectivity index (χ1n) is 3.69. The van der Waals surface area contributed by atoms with Crippen molar-refractivity contribution in [3.05, 3.63) is 34.1 Å². The summed E-state index contributed by atoms with van der Waals surface area (Å²) in [5, 5.41) is 0.362. The van der Waals surface area contributed by atoms with Gasteiger partial charge in [0.2, 0.25) is 0 Å². The zero-order chi connectivity index (χ0) is 8.72. The molecule has 62 valence electrons. The average molecular weight is 185 g/mol. The predicted molar refractivity (Wildman–Crippen MR) is 44.1 cm³/mol. The number of fused-ring (bicyclic) bond motifs is 1. The summed E-state index contributed by atoms with van der Waals surface area (Å²) in [6, 6.07) is 2.84. The van der Waals surface area contributed by atoms with E-state index in [1.54, 1.807) is 6.07 Å². The first-order chi connectivity index (χ1) is 5.68. The Morgan fingerprint density at radius 3 is 2.83 bits per heavy atom. The monoisotopic (exact) mass is 184 g/mol. The molecule has 0 aromatic heterocycles. The lowest BCUT2D eigenvalue weighted by Crippen LogP contribution is -1.95. The molecular weight excluding hydrogens is 179 g/mol. The fraction of sp³-hybridized carbons (Fsp3) is 0.222. The summed E-state index contributed by atoms with van der Waals surface area (Å²) in [5.74, 6) is -0.598. The van der Waals surface area contributed by atoms with Crippen LogP contribution in [0, 0.1) is 5.82 Å². The Labute approximate surface area is 74.2 Å². The lowest BCUT2D eigenvalue weighted by Gasteiger charge is -1.99. The van der Waals surface area contributed by atoms with Gasteiger partial charge >= 0.3 is 0 Å². The Morgan fingerprint density at radius 1 is 1.33 bits per heavy atom. The minimum Gasteiger partial charge on any atom is -0.294 e. The van der Waals surface area contributed by atoms with Gasteiger partial charge in [-0.1, -0.05) is 11.6 Å². The Bertz CT molecular complexity index is 360. The van der Waals surface area contributed by atoms with E-state index >= 15 is 0 Å². The molecule has 0 bridgehead atoms. The third-order valence-electron chi connectivity index (χ3n) is 2.04. The van der Waals surface area contributed by atoms with Crippen LogP contribution in [0.3, 0.4) is 0 Å². The van der Waals surface area contributed by atoms with Crippen LogP contribution in [0.1, 0.15) is 22.3 Å². The maximum absolute atomic E-state index is 13.1. The molecule has 0 amide bonds. The first-order valence-corrected chi connectivity index (χ1v) is 4.07. The van der Waals surface area contributed by atoms with E-state index in [-0.39, 0.29) is 11.3 Å². The standard InChI is InChI=1S/C9H6ClFO/c10-6-3-5-1-2-8(12)9(5)7(11)4-6/h3-4H,1-2H2. The van der Waals surface area contributed by atoms with Gasteiger partial charge in [0.1, 0.15) is 5.82 Å². The second-order valence-electron chi connectivity index (χ2n) is 2.84. The number of halogens is 2. The lowest BCUT2D eigenvalue weighted by molar-refractivity contribution is 0.0991. The minimum absolute atomic E-state index is 0.112. The lowest BCUT2D eigenvalue weighted by atomic mass is 10.1. The van der Waals surface area contributed by atoms with Gasteiger partial charge in [-0.3, -0.25) is 4.79 Å². The third-order valence-corrected chi connectivity index (χ3v) is 2.26. The fourth-order valence-corrected chi connectivity index (χ4v) is 1.74. The number of carbonyl (C=O) groups is 1. The molecule has 0 radical (unpaired) electrons. The highest BCUT2D eigenvalue weighted by atomic mass is 35.5. The van der Waals surface area contributed by atoms with E-state index in [9.17, 15) is 9.18 Å². The number of aryl methyl sites for hydroxylation is 1. The zero-order valence-corrected chi connectivity index (χ0v) is 6.99. The van der Waals surface area contributed by atoms with Crippen LogP contribution in [0.2, 0.25) is 5.02 Å². The number of hydrogen-bond donors (Lipinski definition) is 0. The van der Waals surface area contributed by atoms with Crippen molar-refractivity contribution in [2.75, 3.05) is 0 Å². The highest BCUT2D eigenvalue weighted by Gasteiger charge is 2.23. The van der Waals surface area contributed by atoms with Crippen LogP contribution in [0.25, 0.3) is 0 Å². The van der Waals surface area contributed by atoms with Crippen LogP contribution >= 0.6 is 11.6 Å². The number of rotatable bonds is 0. The molecule has 1 aliphatic carbocycles. The summed E-state index contributed by atoms with van der Waals surface area (Å²) in [6.45, 7) is 0. The molecule has 1 aromatic rings. The molecule has 1 nitrogen and oxygen atoms in total. The third kappa shape index (κ3) is 1.03. The Kier molecular flexibility index (Phi) is 1.65. The molecule has 0 fully saturated rings. The van der Waals surface area contributed by atoms with Gasteiger partial charge in [-0.2, -0.15) is 0 Å². The van der Waals surface area contributed by atoms with Gasteiger partial charge in [0.05, 0.1) is 5.56 Å². The van der Waals surface area contributed by atoms with Crippen molar-refractivity contribution in [3.8, 4) is 0 Å². The van der Waals surface area contributed by atoms with Gasteiger partial charge in [0.15, 0.2) is 5.78 Å². The van der Waals surface area contributed by atoms with Crippen molar-refractivity contribution in [3.63, 3.8) is 0 Å². The van der Waals surface area contributed by atoms with E-state index in [2.05, 4.69) is 0 Å². The van der Waals surface area contributed by atoms with E-state index in [0.717, 1.165) is 5.56 Å². The highest BCUT2D eigenvalue weighted by molar-refractivity contribution is 6.30. The summed E-state index contributed by atoms with van der Waals surface area (Å²) >= 11 is 5.63. The average Bonchev–Trinajstić information content (AvgIpc) is 2.31. The molecule has 0 N–H and O–H groups in total. The minimum atomic E-state index is -0.486. The quantitative estimate of drug-likeness (QED) is 0.606. The Morgan fingerprint density at radius 2 is 2.08 bits per heavy atom. The van der Waals surface area contributed by atoms with E-state index in [4.69, 9.17) is 11.6 Å². The maximum atomic E-state index is 13.1. The van der Waals surface area contributed by atoms with Gasteiger partial charge in [-0.25, -0.2) is 4.39 Å². The normalized spacial score (nSPS) is 15.0. The van der Waals surface area contributed by atoms with Crippen molar-refractivity contribution >= 4 is 17.4 Å². The largest absolute Gasteiger partial charge is 0.294 e. The van der Waals surface area contributed by atoms with Crippen LogP contribution < -0.4 is 0 Å². The molecule has 2 rings (SSSR count). The van der Waals surface area contributed by atoms with Crippen molar-refractivity contribution in [1.29, 1.82) is 0 Å². The van der Waals surface area contributed by atoms with E-state index < -0.39 is 5.82 Å². The molecular formula is C9H6ClFO. The molecule has 1 aliphatic rings. The maximum Gasteiger partial charge on any atom is 0.166 e. The Balaban J connectivity index is 2.68. The predicted octanol–water partition coefficient (Wildman–Crippen LogP) is 2.61. The second kappa shape index (κ2) is 2.56. The molecule has 1 aromatic carbocycles. The van der Waals surface area contributed by atoms with Gasteiger partial charge < -0.3 is 0 Å². The van der Waals surface area contributed by atoms with Crippen molar-refractivity contribution in [2.45, 2.75) is 12.8 Å². The first kappa shape index (κ1) is 7.74. The number of hydrogen-bond acceptors (Lipinski definition) is 1. The highest BCUT2D eigenvalue weighted by Crippen LogP contribution is 2.27. The van der Waals surface area contributed by atoms with Crippen molar-refractivity contribution in [1.82, 2.24) is 0 Å². The van der Waals surface area contributed by atoms with Gasteiger partial charge in [-0.05, 0) is 24.1 Å². The smallest absolute Gasteiger partial charge is 0.166 e. The molecule has 0 unspecified atom stereocenters. The van der Waals surface area contributed by atoms with Crippen LogP contribution in [0.4, 0.5) is 4.39 Å². The van der Waals surface area contributed by atoms with Crippen LogP contribution in [-0.4, -0.2) is 5.78 Å². The van der Waals surface area contributed by atoms with E-state index in [1.807, 2.05) is 0 Å².